The van der Waals surface area contributed by atoms with Crippen LogP contribution in [0.2, 0.25) is 0 Å². The summed E-state index contributed by atoms with van der Waals surface area (Å²) >= 11 is 0.958. The van der Waals surface area contributed by atoms with Crippen molar-refractivity contribution in [1.29, 1.82) is 0 Å². The molecule has 0 aliphatic heterocycles. The number of nitrogens with one attached hydrogen (secondary N) is 2. The first-order valence-corrected chi connectivity index (χ1v) is 10.2. The van der Waals surface area contributed by atoms with Crippen LogP contribution in [0.5, 0.6) is 0 Å². The van der Waals surface area contributed by atoms with Gasteiger partial charge in [0.2, 0.25) is 5.91 Å². The Balaban J connectivity index is 1.61. The van der Waals surface area contributed by atoms with Gasteiger partial charge < -0.3 is 15.2 Å². The van der Waals surface area contributed by atoms with Gasteiger partial charge in [0.1, 0.15) is 5.82 Å². The van der Waals surface area contributed by atoms with Crippen molar-refractivity contribution in [2.45, 2.75) is 18.1 Å². The van der Waals surface area contributed by atoms with Crippen LogP contribution in [-0.4, -0.2) is 32.3 Å². The van der Waals surface area contributed by atoms with E-state index in [1.807, 2.05) is 0 Å². The largest absolute Gasteiger partial charge is 0.342 e. The number of hydrogen-bond donors (Lipinski definition) is 2. The zero-order valence-electron chi connectivity index (χ0n) is 16.8. The van der Waals surface area contributed by atoms with Crippen LogP contribution in [0.1, 0.15) is 29.1 Å². The maximum absolute atomic E-state index is 13.8. The summed E-state index contributed by atoms with van der Waals surface area (Å²) in [5.74, 6) is -6.37. The molecular weight excluding hydrogens is 450 g/mol. The molecule has 0 radical (unpaired) electrons. The van der Waals surface area contributed by atoms with Crippen molar-refractivity contribution >= 4 is 29.3 Å². The molecule has 32 heavy (non-hydrogen) atoms. The van der Waals surface area contributed by atoms with Gasteiger partial charge in [-0.15, -0.1) is 10.2 Å². The second-order valence-electron chi connectivity index (χ2n) is 6.63. The molecule has 0 fully saturated rings. The number of rotatable bonds is 7. The molecule has 1 atom stereocenters. The van der Waals surface area contributed by atoms with Gasteiger partial charge >= 0.3 is 0 Å². The van der Waals surface area contributed by atoms with Gasteiger partial charge in [-0.1, -0.05) is 23.9 Å². The highest BCUT2D eigenvalue weighted by atomic mass is 32.2. The Labute approximate surface area is 184 Å². The van der Waals surface area contributed by atoms with E-state index in [1.54, 1.807) is 14.0 Å². The second kappa shape index (κ2) is 9.81. The monoisotopic (exact) mass is 467 g/mol. The third kappa shape index (κ3) is 5.07. The molecule has 2 N–H and O–H groups in total. The fourth-order valence-corrected chi connectivity index (χ4v) is 3.47. The van der Waals surface area contributed by atoms with Crippen molar-refractivity contribution in [3.63, 3.8) is 0 Å². The minimum Gasteiger partial charge on any atom is -0.342 e. The van der Waals surface area contributed by atoms with Crippen molar-refractivity contribution in [3.05, 3.63) is 71.1 Å². The first kappa shape index (κ1) is 23.3. The van der Waals surface area contributed by atoms with Crippen LogP contribution in [0, 0.1) is 23.3 Å². The second-order valence-corrected chi connectivity index (χ2v) is 7.58. The number of benzene rings is 2. The normalized spacial score (nSPS) is 11.8. The summed E-state index contributed by atoms with van der Waals surface area (Å²) in [6, 6.07) is 6.52. The van der Waals surface area contributed by atoms with E-state index in [9.17, 15) is 27.2 Å². The zero-order chi connectivity index (χ0) is 23.4. The number of thioether (sulfide) groups is 1. The number of carbonyl (C=O) groups excluding carboxylic acids is 2. The van der Waals surface area contributed by atoms with Gasteiger partial charge in [0.25, 0.3) is 5.91 Å². The van der Waals surface area contributed by atoms with Gasteiger partial charge in [-0.3, -0.25) is 9.59 Å². The Morgan fingerprint density at radius 2 is 1.75 bits per heavy atom. The number of nitrogens with zero attached hydrogens (tertiary/aromatic N) is 3. The lowest BCUT2D eigenvalue weighted by Crippen LogP contribution is -2.29. The average Bonchev–Trinajstić information content (AvgIpc) is 3.13. The maximum atomic E-state index is 13.8. The van der Waals surface area contributed by atoms with Crippen molar-refractivity contribution in [3.8, 4) is 0 Å². The van der Waals surface area contributed by atoms with Crippen molar-refractivity contribution in [2.24, 2.45) is 7.05 Å². The van der Waals surface area contributed by atoms with Crippen molar-refractivity contribution < 1.29 is 27.2 Å². The van der Waals surface area contributed by atoms with E-state index in [4.69, 9.17) is 0 Å². The smallest absolute Gasteiger partial charge is 0.254 e. The summed E-state index contributed by atoms with van der Waals surface area (Å²) in [4.78, 5) is 24.3. The molecule has 168 valence electrons. The summed E-state index contributed by atoms with van der Waals surface area (Å²) in [7, 11) is 1.61. The third-order valence-corrected chi connectivity index (χ3v) is 5.38. The molecule has 0 saturated carbocycles. The van der Waals surface area contributed by atoms with Crippen LogP contribution in [0.3, 0.4) is 0 Å². The summed E-state index contributed by atoms with van der Waals surface area (Å²) in [6.45, 7) is 1.63. The first-order valence-electron chi connectivity index (χ1n) is 9.19. The molecule has 2 aromatic carbocycles. The maximum Gasteiger partial charge on any atom is 0.254 e. The molecule has 1 aromatic heterocycles. The topological polar surface area (TPSA) is 88.9 Å². The van der Waals surface area contributed by atoms with Crippen LogP contribution >= 0.6 is 11.8 Å². The summed E-state index contributed by atoms with van der Waals surface area (Å²) < 4.78 is 55.2. The van der Waals surface area contributed by atoms with Gasteiger partial charge in [-0.2, -0.15) is 0 Å². The highest BCUT2D eigenvalue weighted by Crippen LogP contribution is 2.22. The number of halogens is 4. The van der Waals surface area contributed by atoms with Gasteiger partial charge in [0, 0.05) is 7.05 Å². The quantitative estimate of drug-likeness (QED) is 0.315. The molecule has 1 heterocycles. The van der Waals surface area contributed by atoms with Gasteiger partial charge in [-0.25, -0.2) is 17.6 Å². The Bertz CT molecular complexity index is 1170. The predicted molar refractivity (Wildman–Crippen MR) is 109 cm³/mol. The Morgan fingerprint density at radius 1 is 1.03 bits per heavy atom. The Kier molecular flexibility index (Phi) is 7.13. The standard InChI is InChI=1S/C20H17F4N5O2S/c1-10(25-19(31)11-5-3-4-6-12(11)21)18-27-28-20(29(18)2)32-9-15(30)26-14-8-7-13(22)16(23)17(14)24/h3-8,10H,9H2,1-2H3,(H,25,31)(H,26,30)/t10-/m0/s1. The molecule has 2 amide bonds. The lowest BCUT2D eigenvalue weighted by atomic mass is 10.2. The Hall–Kier alpha value is -3.41. The van der Waals surface area contributed by atoms with E-state index in [2.05, 4.69) is 20.8 Å². The first-order chi connectivity index (χ1) is 15.2. The zero-order valence-corrected chi connectivity index (χ0v) is 17.6. The lowest BCUT2D eigenvalue weighted by molar-refractivity contribution is -0.113. The van der Waals surface area contributed by atoms with Crippen LogP contribution in [0.4, 0.5) is 23.2 Å². The number of anilines is 1. The molecule has 3 rings (SSSR count). The van der Waals surface area contributed by atoms with E-state index in [0.29, 0.717) is 17.0 Å². The predicted octanol–water partition coefficient (Wildman–Crippen LogP) is 3.59. The van der Waals surface area contributed by atoms with E-state index < -0.39 is 46.8 Å². The SMILES string of the molecule is C[C@H](NC(=O)c1ccccc1F)c1nnc(SCC(=O)Nc2ccc(F)c(F)c2F)n1C. The van der Waals surface area contributed by atoms with Gasteiger partial charge in [-0.05, 0) is 31.2 Å². The van der Waals surface area contributed by atoms with Crippen molar-refractivity contribution in [2.75, 3.05) is 11.1 Å². The number of amides is 2. The van der Waals surface area contributed by atoms with E-state index in [1.165, 1.54) is 28.8 Å². The van der Waals surface area contributed by atoms with Crippen LogP contribution < -0.4 is 10.6 Å². The molecule has 0 spiro atoms. The fourth-order valence-electron chi connectivity index (χ4n) is 2.75. The van der Waals surface area contributed by atoms with E-state index in [0.717, 1.165) is 17.8 Å². The molecule has 0 bridgehead atoms. The Morgan fingerprint density at radius 3 is 2.47 bits per heavy atom. The van der Waals surface area contributed by atoms with E-state index >= 15 is 0 Å². The summed E-state index contributed by atoms with van der Waals surface area (Å²) in [5, 5.41) is 13.0. The van der Waals surface area contributed by atoms with Gasteiger partial charge in [0.05, 0.1) is 23.0 Å². The molecule has 7 nitrogen and oxygen atoms in total. The molecule has 0 unspecified atom stereocenters. The van der Waals surface area contributed by atoms with Crippen LogP contribution in [0.15, 0.2) is 41.6 Å². The molecule has 12 heteroatoms. The fraction of sp³-hybridized carbons (Fsp3) is 0.200. The van der Waals surface area contributed by atoms with Crippen LogP contribution in [-0.2, 0) is 11.8 Å². The highest BCUT2D eigenvalue weighted by molar-refractivity contribution is 7.99. The van der Waals surface area contributed by atoms with Gasteiger partial charge in [0.15, 0.2) is 28.4 Å². The summed E-state index contributed by atoms with van der Waals surface area (Å²) in [6.07, 6.45) is 0. The third-order valence-electron chi connectivity index (χ3n) is 4.36. The minimum atomic E-state index is -1.68. The molecule has 0 saturated heterocycles. The molecule has 0 aliphatic carbocycles. The van der Waals surface area contributed by atoms with Crippen LogP contribution in [0.25, 0.3) is 0 Å². The molecular formula is C20H17F4N5O2S. The number of aromatic nitrogens is 3. The highest BCUT2D eigenvalue weighted by Gasteiger charge is 2.21. The molecule has 0 aliphatic rings. The molecule has 3 aromatic rings. The van der Waals surface area contributed by atoms with E-state index in [-0.39, 0.29) is 11.3 Å². The summed E-state index contributed by atoms with van der Waals surface area (Å²) in [5.41, 5.74) is -0.602. The number of carbonyl (C=O) groups is 2. The average molecular weight is 467 g/mol. The number of hydrogen-bond acceptors (Lipinski definition) is 5. The minimum absolute atomic E-state index is 0.114. The van der Waals surface area contributed by atoms with Crippen molar-refractivity contribution in [1.82, 2.24) is 20.1 Å². The lowest BCUT2D eigenvalue weighted by Gasteiger charge is -2.14.